The number of carbonyl (C=O) groups is 1. The van der Waals surface area contributed by atoms with Crippen molar-refractivity contribution < 1.29 is 18.3 Å². The molecule has 2 aromatic carbocycles. The third-order valence-electron chi connectivity index (χ3n) is 5.42. The highest BCUT2D eigenvalue weighted by Gasteiger charge is 2.44. The average Bonchev–Trinajstić information content (AvgIpc) is 3.42. The number of fused-ring (bicyclic) bond motifs is 2. The Morgan fingerprint density at radius 3 is 2.72 bits per heavy atom. The predicted octanol–water partition coefficient (Wildman–Crippen LogP) is 5.32. The van der Waals surface area contributed by atoms with Crippen LogP contribution < -0.4 is 15.1 Å². The summed E-state index contributed by atoms with van der Waals surface area (Å²) in [5.41, 5.74) is 0.630. The molecule has 0 saturated heterocycles. The molecule has 1 amide bonds. The topological polar surface area (TPSA) is 72.6 Å². The van der Waals surface area contributed by atoms with E-state index in [1.165, 1.54) is 28.4 Å². The lowest BCUT2D eigenvalue weighted by molar-refractivity contribution is 0.0971. The summed E-state index contributed by atoms with van der Waals surface area (Å²) in [6.07, 6.45) is 3.58. The van der Waals surface area contributed by atoms with Crippen LogP contribution in [-0.4, -0.2) is 17.5 Å². The Hall–Kier alpha value is -3.52. The molecule has 1 unspecified atom stereocenters. The van der Waals surface area contributed by atoms with Gasteiger partial charge in [0.1, 0.15) is 17.1 Å². The maximum Gasteiger partial charge on any atom is 0.297 e. The Bertz CT molecular complexity index is 1350. The first-order valence-corrected chi connectivity index (χ1v) is 11.2. The fraction of sp³-hybridized carbons (Fsp3) is 0.208. The lowest BCUT2D eigenvalue weighted by atomic mass is 9.98. The molecule has 1 aliphatic heterocycles. The van der Waals surface area contributed by atoms with E-state index >= 15 is 0 Å². The first-order chi connectivity index (χ1) is 15.6. The maximum atomic E-state index is 13.9. The van der Waals surface area contributed by atoms with Crippen molar-refractivity contribution in [3.63, 3.8) is 0 Å². The molecule has 3 heterocycles. The van der Waals surface area contributed by atoms with Crippen molar-refractivity contribution in [1.29, 1.82) is 0 Å². The molecule has 2 aromatic heterocycles. The average molecular weight is 450 g/mol. The Kier molecular flexibility index (Phi) is 5.22. The fourth-order valence-corrected chi connectivity index (χ4v) is 4.54. The second-order valence-electron chi connectivity index (χ2n) is 7.48. The molecule has 1 aliphatic rings. The second kappa shape index (κ2) is 8.20. The molecule has 1 atom stereocenters. The zero-order valence-electron chi connectivity index (χ0n) is 17.2. The van der Waals surface area contributed by atoms with E-state index in [0.717, 1.165) is 18.9 Å². The first-order valence-electron chi connectivity index (χ1n) is 10.3. The number of hydrogen-bond donors (Lipinski definition) is 0. The van der Waals surface area contributed by atoms with Crippen LogP contribution >= 0.6 is 11.3 Å². The smallest absolute Gasteiger partial charge is 0.297 e. The molecule has 0 aliphatic carbocycles. The molecule has 0 radical (unpaired) electrons. The SMILES string of the molecule is CCCCOc1ccc(C2c3c(oc4ccc(F)cc4c3=O)C(=O)N2c2nccs2)cc1. The van der Waals surface area contributed by atoms with Gasteiger partial charge in [-0.3, -0.25) is 14.5 Å². The third kappa shape index (κ3) is 3.36. The lowest BCUT2D eigenvalue weighted by Gasteiger charge is -2.22. The van der Waals surface area contributed by atoms with Crippen molar-refractivity contribution in [1.82, 2.24) is 4.98 Å². The molecule has 8 heteroatoms. The van der Waals surface area contributed by atoms with E-state index in [1.54, 1.807) is 11.6 Å². The van der Waals surface area contributed by atoms with Gasteiger partial charge in [-0.2, -0.15) is 0 Å². The molecule has 0 N–H and O–H groups in total. The number of amides is 1. The van der Waals surface area contributed by atoms with Crippen molar-refractivity contribution >= 4 is 33.3 Å². The van der Waals surface area contributed by atoms with Crippen molar-refractivity contribution in [2.45, 2.75) is 25.8 Å². The van der Waals surface area contributed by atoms with Crippen LogP contribution in [0.15, 0.2) is 63.3 Å². The second-order valence-corrected chi connectivity index (χ2v) is 8.35. The Morgan fingerprint density at radius 1 is 1.19 bits per heavy atom. The van der Waals surface area contributed by atoms with Gasteiger partial charge in [-0.25, -0.2) is 9.37 Å². The lowest BCUT2D eigenvalue weighted by Crippen LogP contribution is -2.29. The summed E-state index contributed by atoms with van der Waals surface area (Å²) in [4.78, 5) is 32.5. The minimum absolute atomic E-state index is 0.0439. The number of aromatic nitrogens is 1. The Labute approximate surface area is 186 Å². The number of nitrogens with zero attached hydrogens (tertiary/aromatic N) is 2. The number of hydrogen-bond acceptors (Lipinski definition) is 6. The van der Waals surface area contributed by atoms with E-state index in [0.29, 0.717) is 23.1 Å². The van der Waals surface area contributed by atoms with E-state index in [-0.39, 0.29) is 22.3 Å². The number of benzene rings is 2. The predicted molar refractivity (Wildman–Crippen MR) is 120 cm³/mol. The van der Waals surface area contributed by atoms with Gasteiger partial charge in [0.2, 0.25) is 5.76 Å². The van der Waals surface area contributed by atoms with Gasteiger partial charge < -0.3 is 9.15 Å². The van der Waals surface area contributed by atoms with Crippen LogP contribution in [0.5, 0.6) is 5.75 Å². The number of rotatable bonds is 6. The molecule has 0 spiro atoms. The van der Waals surface area contributed by atoms with Crippen molar-refractivity contribution in [3.8, 4) is 5.75 Å². The monoisotopic (exact) mass is 450 g/mol. The minimum Gasteiger partial charge on any atom is -0.494 e. The van der Waals surface area contributed by atoms with Crippen LogP contribution in [0.25, 0.3) is 11.0 Å². The largest absolute Gasteiger partial charge is 0.494 e. The molecule has 162 valence electrons. The van der Waals surface area contributed by atoms with E-state index in [9.17, 15) is 14.0 Å². The number of ether oxygens (including phenoxy) is 1. The van der Waals surface area contributed by atoms with Gasteiger partial charge >= 0.3 is 0 Å². The fourth-order valence-electron chi connectivity index (χ4n) is 3.87. The van der Waals surface area contributed by atoms with E-state index in [2.05, 4.69) is 11.9 Å². The van der Waals surface area contributed by atoms with Crippen LogP contribution in [0.2, 0.25) is 0 Å². The van der Waals surface area contributed by atoms with Crippen molar-refractivity contribution in [3.05, 3.63) is 87.0 Å². The summed E-state index contributed by atoms with van der Waals surface area (Å²) in [5, 5.41) is 2.31. The molecule has 6 nitrogen and oxygen atoms in total. The number of thiazole rings is 1. The number of carbonyl (C=O) groups excluding carboxylic acids is 1. The first kappa shape index (κ1) is 20.4. The van der Waals surface area contributed by atoms with Gasteiger partial charge in [-0.1, -0.05) is 25.5 Å². The summed E-state index contributed by atoms with van der Waals surface area (Å²) in [7, 11) is 0. The highest BCUT2D eigenvalue weighted by Crippen LogP contribution is 2.42. The van der Waals surface area contributed by atoms with Gasteiger partial charge in [0.05, 0.1) is 23.6 Å². The molecule has 0 bridgehead atoms. The van der Waals surface area contributed by atoms with E-state index < -0.39 is 23.2 Å². The Balaban J connectivity index is 1.66. The number of halogens is 1. The highest BCUT2D eigenvalue weighted by atomic mass is 32.1. The molecular formula is C24H19FN2O4S. The zero-order chi connectivity index (χ0) is 22.2. The molecule has 0 saturated carbocycles. The van der Waals surface area contributed by atoms with Crippen LogP contribution in [0.1, 0.15) is 47.5 Å². The molecule has 5 rings (SSSR count). The molecular weight excluding hydrogens is 431 g/mol. The minimum atomic E-state index is -0.739. The summed E-state index contributed by atoms with van der Waals surface area (Å²) in [6.45, 7) is 2.71. The van der Waals surface area contributed by atoms with Crippen LogP contribution in [-0.2, 0) is 0 Å². The third-order valence-corrected chi connectivity index (χ3v) is 6.19. The molecule has 4 aromatic rings. The van der Waals surface area contributed by atoms with Crippen LogP contribution in [0.4, 0.5) is 9.52 Å². The Morgan fingerprint density at radius 2 is 2.00 bits per heavy atom. The number of anilines is 1. The van der Waals surface area contributed by atoms with Gasteiger partial charge in [-0.05, 0) is 42.3 Å². The molecule has 32 heavy (non-hydrogen) atoms. The molecule has 0 fully saturated rings. The zero-order valence-corrected chi connectivity index (χ0v) is 18.0. The standard InChI is InChI=1S/C24H19FN2O4S/c1-2-3-11-30-16-7-4-14(5-8-16)20-19-21(28)17-13-15(25)6-9-18(17)31-22(19)23(29)27(20)24-26-10-12-32-24/h4-10,12-13,20H,2-3,11H2,1H3. The summed E-state index contributed by atoms with van der Waals surface area (Å²) < 4.78 is 25.4. The summed E-state index contributed by atoms with van der Waals surface area (Å²) >= 11 is 1.29. The quantitative estimate of drug-likeness (QED) is 0.372. The summed E-state index contributed by atoms with van der Waals surface area (Å²) in [6, 6.07) is 10.2. The van der Waals surface area contributed by atoms with E-state index in [4.69, 9.17) is 9.15 Å². The summed E-state index contributed by atoms with van der Waals surface area (Å²) in [5.74, 6) is -0.333. The number of unbranched alkanes of at least 4 members (excludes halogenated alkanes) is 1. The van der Waals surface area contributed by atoms with Crippen LogP contribution in [0.3, 0.4) is 0 Å². The van der Waals surface area contributed by atoms with Gasteiger partial charge in [0, 0.05) is 11.6 Å². The van der Waals surface area contributed by atoms with Crippen molar-refractivity contribution in [2.75, 3.05) is 11.5 Å². The normalized spacial score (nSPS) is 15.4. The highest BCUT2D eigenvalue weighted by molar-refractivity contribution is 7.13. The van der Waals surface area contributed by atoms with Gasteiger partial charge in [-0.15, -0.1) is 11.3 Å². The van der Waals surface area contributed by atoms with Crippen molar-refractivity contribution in [2.24, 2.45) is 0 Å². The van der Waals surface area contributed by atoms with E-state index in [1.807, 2.05) is 24.3 Å². The van der Waals surface area contributed by atoms with Gasteiger partial charge in [0.25, 0.3) is 5.91 Å². The van der Waals surface area contributed by atoms with Crippen LogP contribution in [0, 0.1) is 5.82 Å². The van der Waals surface area contributed by atoms with Gasteiger partial charge in [0.15, 0.2) is 10.6 Å². The maximum absolute atomic E-state index is 13.9.